The summed E-state index contributed by atoms with van der Waals surface area (Å²) in [5, 5.41) is 30.5. The van der Waals surface area contributed by atoms with Crippen LogP contribution in [0, 0.1) is 0 Å². The highest BCUT2D eigenvalue weighted by atomic mass is 16.5. The van der Waals surface area contributed by atoms with Gasteiger partial charge < -0.3 is 31.1 Å². The number of aliphatic hydroxyl groups excluding tert-OH is 3. The van der Waals surface area contributed by atoms with Crippen molar-refractivity contribution in [1.29, 1.82) is 0 Å². The maximum atomic E-state index is 11.3. The highest BCUT2D eigenvalue weighted by molar-refractivity contribution is 5.81. The van der Waals surface area contributed by atoms with Crippen molar-refractivity contribution in [2.75, 3.05) is 13.2 Å². The van der Waals surface area contributed by atoms with Crippen molar-refractivity contribution in [3.05, 3.63) is 0 Å². The highest BCUT2D eigenvalue weighted by Gasteiger charge is 2.38. The number of hydrogen-bond donors (Lipinski definition) is 5. The molecule has 0 radical (unpaired) electrons. The number of rotatable bonds is 3. The molecule has 0 aromatic carbocycles. The SMILES string of the molecule is C[C@H](N)C(=O)N[C@@H]1CO[C@H](CO)[C@@H](O)[C@@H]1O. The standard InChI is InChI=1S/C9H18N2O5/c1-4(10)9(15)11-5-3-16-6(2-12)8(14)7(5)13/h4-8,12-14H,2-3,10H2,1H3,(H,11,15)/t4-,5+,6+,7+,8+/m0/s1. The average molecular weight is 234 g/mol. The summed E-state index contributed by atoms with van der Waals surface area (Å²) in [6, 6.07) is -1.41. The van der Waals surface area contributed by atoms with Crippen LogP contribution in [0.2, 0.25) is 0 Å². The molecule has 1 amide bonds. The van der Waals surface area contributed by atoms with Crippen molar-refractivity contribution in [1.82, 2.24) is 5.32 Å². The molecule has 7 nitrogen and oxygen atoms in total. The molecule has 16 heavy (non-hydrogen) atoms. The lowest BCUT2D eigenvalue weighted by molar-refractivity contribution is -0.164. The van der Waals surface area contributed by atoms with E-state index >= 15 is 0 Å². The van der Waals surface area contributed by atoms with Gasteiger partial charge in [0.05, 0.1) is 25.3 Å². The summed E-state index contributed by atoms with van der Waals surface area (Å²) in [6.45, 7) is 1.16. The molecular formula is C9H18N2O5. The molecule has 5 atom stereocenters. The van der Waals surface area contributed by atoms with Crippen LogP contribution in [-0.2, 0) is 9.53 Å². The van der Waals surface area contributed by atoms with E-state index in [1.54, 1.807) is 0 Å². The molecule has 6 N–H and O–H groups in total. The first-order chi connectivity index (χ1) is 7.47. The maximum Gasteiger partial charge on any atom is 0.237 e. The molecule has 1 aliphatic heterocycles. The molecule has 1 heterocycles. The lowest BCUT2D eigenvalue weighted by Crippen LogP contribution is -2.61. The fourth-order valence-corrected chi connectivity index (χ4v) is 1.48. The van der Waals surface area contributed by atoms with Gasteiger partial charge >= 0.3 is 0 Å². The van der Waals surface area contributed by atoms with E-state index in [-0.39, 0.29) is 13.2 Å². The Kier molecular flexibility index (Phi) is 4.63. The number of hydrogen-bond acceptors (Lipinski definition) is 6. The van der Waals surface area contributed by atoms with E-state index in [0.29, 0.717) is 0 Å². The van der Waals surface area contributed by atoms with Crippen LogP contribution in [0.1, 0.15) is 6.92 Å². The summed E-state index contributed by atoms with van der Waals surface area (Å²) in [4.78, 5) is 11.3. The summed E-state index contributed by atoms with van der Waals surface area (Å²) in [5.41, 5.74) is 5.35. The summed E-state index contributed by atoms with van der Waals surface area (Å²) < 4.78 is 5.09. The molecule has 1 fully saturated rings. The molecular weight excluding hydrogens is 216 g/mol. The van der Waals surface area contributed by atoms with Crippen molar-refractivity contribution < 1.29 is 24.9 Å². The Morgan fingerprint density at radius 3 is 2.69 bits per heavy atom. The van der Waals surface area contributed by atoms with Crippen LogP contribution in [0.3, 0.4) is 0 Å². The van der Waals surface area contributed by atoms with E-state index < -0.39 is 36.3 Å². The number of amides is 1. The Morgan fingerprint density at radius 1 is 1.56 bits per heavy atom. The predicted molar refractivity (Wildman–Crippen MR) is 54.4 cm³/mol. The van der Waals surface area contributed by atoms with Crippen molar-refractivity contribution >= 4 is 5.91 Å². The first-order valence-corrected chi connectivity index (χ1v) is 5.12. The van der Waals surface area contributed by atoms with Crippen LogP contribution >= 0.6 is 0 Å². The quantitative estimate of drug-likeness (QED) is 0.353. The summed E-state index contributed by atoms with van der Waals surface area (Å²) >= 11 is 0. The van der Waals surface area contributed by atoms with Gasteiger partial charge in [0.2, 0.25) is 5.91 Å². The minimum atomic E-state index is -1.22. The van der Waals surface area contributed by atoms with Gasteiger partial charge in [-0.05, 0) is 6.92 Å². The van der Waals surface area contributed by atoms with Gasteiger partial charge in [-0.2, -0.15) is 0 Å². The van der Waals surface area contributed by atoms with Crippen molar-refractivity contribution in [2.24, 2.45) is 5.73 Å². The minimum absolute atomic E-state index is 0.0297. The first kappa shape index (κ1) is 13.3. The number of nitrogens with two attached hydrogens (primary N) is 1. The molecule has 0 saturated carbocycles. The van der Waals surface area contributed by atoms with E-state index in [4.69, 9.17) is 15.6 Å². The van der Waals surface area contributed by atoms with Gasteiger partial charge in [0.15, 0.2) is 0 Å². The van der Waals surface area contributed by atoms with Crippen LogP contribution in [0.5, 0.6) is 0 Å². The van der Waals surface area contributed by atoms with Gasteiger partial charge in [-0.3, -0.25) is 4.79 Å². The van der Waals surface area contributed by atoms with Crippen LogP contribution in [0.25, 0.3) is 0 Å². The Balaban J connectivity index is 2.54. The van der Waals surface area contributed by atoms with Crippen LogP contribution in [-0.4, -0.2) is 64.8 Å². The van der Waals surface area contributed by atoms with E-state index in [2.05, 4.69) is 5.32 Å². The van der Waals surface area contributed by atoms with Gasteiger partial charge in [-0.15, -0.1) is 0 Å². The molecule has 0 spiro atoms. The third-order valence-electron chi connectivity index (χ3n) is 2.55. The molecule has 94 valence electrons. The number of carbonyl (C=O) groups is 1. The Morgan fingerprint density at radius 2 is 2.19 bits per heavy atom. The summed E-state index contributed by atoms with van der Waals surface area (Å²) in [7, 11) is 0. The zero-order chi connectivity index (χ0) is 12.3. The molecule has 1 saturated heterocycles. The molecule has 0 bridgehead atoms. The normalized spacial score (nSPS) is 36.8. The Bertz CT molecular complexity index is 248. The lowest BCUT2D eigenvalue weighted by Gasteiger charge is -2.37. The largest absolute Gasteiger partial charge is 0.394 e. The second-order valence-electron chi connectivity index (χ2n) is 3.94. The fourth-order valence-electron chi connectivity index (χ4n) is 1.48. The third-order valence-corrected chi connectivity index (χ3v) is 2.55. The van der Waals surface area contributed by atoms with Crippen molar-refractivity contribution in [3.63, 3.8) is 0 Å². The van der Waals surface area contributed by atoms with E-state index in [1.807, 2.05) is 0 Å². The lowest BCUT2D eigenvalue weighted by atomic mass is 9.98. The first-order valence-electron chi connectivity index (χ1n) is 5.12. The van der Waals surface area contributed by atoms with Crippen molar-refractivity contribution in [2.45, 2.75) is 37.3 Å². The molecule has 7 heteroatoms. The molecule has 0 aromatic heterocycles. The van der Waals surface area contributed by atoms with Gasteiger partial charge in [-0.25, -0.2) is 0 Å². The zero-order valence-corrected chi connectivity index (χ0v) is 9.04. The van der Waals surface area contributed by atoms with E-state index in [9.17, 15) is 15.0 Å². The average Bonchev–Trinajstić information content (AvgIpc) is 2.25. The number of nitrogens with one attached hydrogen (secondary N) is 1. The molecule has 1 rings (SSSR count). The Labute approximate surface area is 93.2 Å². The molecule has 0 unspecified atom stereocenters. The number of aliphatic hydroxyl groups is 3. The maximum absolute atomic E-state index is 11.3. The molecule has 0 aliphatic carbocycles. The van der Waals surface area contributed by atoms with Crippen molar-refractivity contribution in [3.8, 4) is 0 Å². The van der Waals surface area contributed by atoms with Crippen LogP contribution in [0.4, 0.5) is 0 Å². The fraction of sp³-hybridized carbons (Fsp3) is 0.889. The highest BCUT2D eigenvalue weighted by Crippen LogP contribution is 2.15. The number of carbonyl (C=O) groups excluding carboxylic acids is 1. The monoisotopic (exact) mass is 234 g/mol. The van der Waals surface area contributed by atoms with Gasteiger partial charge in [0.25, 0.3) is 0 Å². The van der Waals surface area contributed by atoms with Crippen LogP contribution in [0.15, 0.2) is 0 Å². The second kappa shape index (κ2) is 5.55. The smallest absolute Gasteiger partial charge is 0.237 e. The summed E-state index contributed by atoms with van der Waals surface area (Å²) in [6.07, 6.45) is -3.22. The minimum Gasteiger partial charge on any atom is -0.394 e. The second-order valence-corrected chi connectivity index (χ2v) is 3.94. The van der Waals surface area contributed by atoms with Gasteiger partial charge in [0, 0.05) is 0 Å². The van der Waals surface area contributed by atoms with Crippen LogP contribution < -0.4 is 11.1 Å². The topological polar surface area (TPSA) is 125 Å². The van der Waals surface area contributed by atoms with E-state index in [0.717, 1.165) is 0 Å². The van der Waals surface area contributed by atoms with Gasteiger partial charge in [-0.1, -0.05) is 0 Å². The van der Waals surface area contributed by atoms with Gasteiger partial charge in [0.1, 0.15) is 18.3 Å². The summed E-state index contributed by atoms with van der Waals surface area (Å²) in [5.74, 6) is -0.428. The van der Waals surface area contributed by atoms with E-state index in [1.165, 1.54) is 6.92 Å². The number of ether oxygens (including phenoxy) is 1. The predicted octanol–water partition coefficient (Wildman–Crippen LogP) is -3.07. The third kappa shape index (κ3) is 2.89. The molecule has 0 aromatic rings. The molecule has 1 aliphatic rings. The zero-order valence-electron chi connectivity index (χ0n) is 9.04. The Hall–Kier alpha value is -0.730.